The molecule has 2 aromatic heterocycles. The monoisotopic (exact) mass is 388 g/mol. The molecular weight excluding hydrogens is 367 g/mol. The predicted molar refractivity (Wildman–Crippen MR) is 103 cm³/mol. The molecule has 0 saturated carbocycles. The maximum Gasteiger partial charge on any atom is 0.307 e. The van der Waals surface area contributed by atoms with E-state index in [1.165, 1.54) is 12.1 Å². The Bertz CT molecular complexity index is 1000. The first-order chi connectivity index (χ1) is 12.9. The Balaban J connectivity index is 1.66. The number of carbonyl (C=O) groups is 1. The lowest BCUT2D eigenvalue weighted by Gasteiger charge is -2.14. The SMILES string of the molecule is Cc1c(C(C)NC(=O)CCn2c(C)csc2=O)cnn1-c1ccc(F)cc1. The molecule has 3 rings (SSSR count). The number of aromatic nitrogens is 3. The Hall–Kier alpha value is -2.74. The Morgan fingerprint density at radius 2 is 2.00 bits per heavy atom. The zero-order chi connectivity index (χ0) is 19.6. The molecule has 27 heavy (non-hydrogen) atoms. The fourth-order valence-corrected chi connectivity index (χ4v) is 3.73. The molecule has 1 atom stereocenters. The molecule has 1 unspecified atom stereocenters. The lowest BCUT2D eigenvalue weighted by molar-refractivity contribution is -0.121. The lowest BCUT2D eigenvalue weighted by atomic mass is 10.1. The summed E-state index contributed by atoms with van der Waals surface area (Å²) in [5.41, 5.74) is 3.38. The molecule has 0 aliphatic rings. The van der Waals surface area contributed by atoms with Gasteiger partial charge in [-0.2, -0.15) is 5.10 Å². The number of halogens is 1. The van der Waals surface area contributed by atoms with Crippen molar-refractivity contribution in [3.8, 4) is 5.69 Å². The maximum atomic E-state index is 13.1. The number of hydrogen-bond acceptors (Lipinski definition) is 4. The second kappa shape index (κ2) is 7.87. The quantitative estimate of drug-likeness (QED) is 0.705. The number of amides is 1. The lowest BCUT2D eigenvalue weighted by Crippen LogP contribution is -2.29. The van der Waals surface area contributed by atoms with E-state index in [9.17, 15) is 14.0 Å². The van der Waals surface area contributed by atoms with Gasteiger partial charge in [0.25, 0.3) is 0 Å². The number of thiazole rings is 1. The van der Waals surface area contributed by atoms with Crippen molar-refractivity contribution in [1.82, 2.24) is 19.7 Å². The van der Waals surface area contributed by atoms with Crippen LogP contribution in [0.15, 0.2) is 40.6 Å². The molecule has 2 heterocycles. The van der Waals surface area contributed by atoms with E-state index in [-0.39, 0.29) is 29.1 Å². The molecule has 1 amide bonds. The topological polar surface area (TPSA) is 68.9 Å². The van der Waals surface area contributed by atoms with Crippen LogP contribution in [-0.2, 0) is 11.3 Å². The largest absolute Gasteiger partial charge is 0.349 e. The average Bonchev–Trinajstić information content (AvgIpc) is 3.16. The van der Waals surface area contributed by atoms with Gasteiger partial charge in [0.2, 0.25) is 5.91 Å². The number of aryl methyl sites for hydroxylation is 1. The summed E-state index contributed by atoms with van der Waals surface area (Å²) in [6.45, 7) is 6.01. The van der Waals surface area contributed by atoms with E-state index in [1.807, 2.05) is 20.8 Å². The van der Waals surface area contributed by atoms with Crippen LogP contribution in [0.25, 0.3) is 5.69 Å². The third-order valence-corrected chi connectivity index (χ3v) is 5.38. The summed E-state index contributed by atoms with van der Waals surface area (Å²) in [6, 6.07) is 5.85. The van der Waals surface area contributed by atoms with Crippen molar-refractivity contribution in [3.05, 3.63) is 68.3 Å². The van der Waals surface area contributed by atoms with Gasteiger partial charge in [0, 0.05) is 35.3 Å². The van der Waals surface area contributed by atoms with Crippen LogP contribution in [0.4, 0.5) is 4.39 Å². The van der Waals surface area contributed by atoms with Crippen LogP contribution >= 0.6 is 11.3 Å². The minimum atomic E-state index is -0.302. The first-order valence-electron chi connectivity index (χ1n) is 8.61. The van der Waals surface area contributed by atoms with Crippen LogP contribution in [0, 0.1) is 19.7 Å². The predicted octanol–water partition coefficient (Wildman–Crippen LogP) is 3.12. The third kappa shape index (κ3) is 4.16. The Morgan fingerprint density at radius 3 is 2.63 bits per heavy atom. The van der Waals surface area contributed by atoms with Gasteiger partial charge in [-0.3, -0.25) is 9.59 Å². The van der Waals surface area contributed by atoms with Crippen molar-refractivity contribution in [2.24, 2.45) is 0 Å². The zero-order valence-electron chi connectivity index (χ0n) is 15.4. The molecule has 0 radical (unpaired) electrons. The second-order valence-corrected chi connectivity index (χ2v) is 7.23. The minimum Gasteiger partial charge on any atom is -0.349 e. The molecule has 0 aliphatic carbocycles. The van der Waals surface area contributed by atoms with Gasteiger partial charge in [0.05, 0.1) is 17.9 Å². The Kier molecular flexibility index (Phi) is 5.55. The number of carbonyl (C=O) groups excluding carboxylic acids is 1. The number of nitrogens with zero attached hydrogens (tertiary/aromatic N) is 3. The van der Waals surface area contributed by atoms with Crippen molar-refractivity contribution >= 4 is 17.2 Å². The number of rotatable bonds is 6. The van der Waals surface area contributed by atoms with Crippen LogP contribution in [0.5, 0.6) is 0 Å². The molecule has 0 bridgehead atoms. The van der Waals surface area contributed by atoms with Crippen molar-refractivity contribution in [2.45, 2.75) is 39.8 Å². The molecule has 0 aliphatic heterocycles. The van der Waals surface area contributed by atoms with E-state index in [0.29, 0.717) is 6.54 Å². The average molecular weight is 388 g/mol. The van der Waals surface area contributed by atoms with Crippen LogP contribution in [0.2, 0.25) is 0 Å². The summed E-state index contributed by atoms with van der Waals surface area (Å²) in [5.74, 6) is -0.432. The summed E-state index contributed by atoms with van der Waals surface area (Å²) < 4.78 is 16.4. The highest BCUT2D eigenvalue weighted by atomic mass is 32.1. The minimum absolute atomic E-state index is 0.0511. The van der Waals surface area contributed by atoms with Crippen molar-refractivity contribution in [1.29, 1.82) is 0 Å². The first-order valence-corrected chi connectivity index (χ1v) is 9.49. The smallest absolute Gasteiger partial charge is 0.307 e. The van der Waals surface area contributed by atoms with E-state index in [4.69, 9.17) is 0 Å². The van der Waals surface area contributed by atoms with Crippen LogP contribution in [0.3, 0.4) is 0 Å². The van der Waals surface area contributed by atoms with Gasteiger partial charge >= 0.3 is 4.87 Å². The van der Waals surface area contributed by atoms with Gasteiger partial charge in [-0.1, -0.05) is 11.3 Å². The second-order valence-electron chi connectivity index (χ2n) is 6.41. The standard InChI is InChI=1S/C19H21FN4O2S/c1-12-11-27-19(26)23(12)9-8-18(25)22-13(2)17-10-21-24(14(17)3)16-6-4-15(20)5-7-16/h4-7,10-11,13H,8-9H2,1-3H3,(H,22,25). The van der Waals surface area contributed by atoms with Gasteiger partial charge < -0.3 is 9.88 Å². The summed E-state index contributed by atoms with van der Waals surface area (Å²) in [6.07, 6.45) is 1.93. The van der Waals surface area contributed by atoms with Crippen LogP contribution in [-0.4, -0.2) is 20.3 Å². The highest BCUT2D eigenvalue weighted by molar-refractivity contribution is 7.07. The molecule has 8 heteroatoms. The number of hydrogen-bond donors (Lipinski definition) is 1. The summed E-state index contributed by atoms with van der Waals surface area (Å²) >= 11 is 1.14. The Morgan fingerprint density at radius 1 is 1.30 bits per heavy atom. The fraction of sp³-hybridized carbons (Fsp3) is 0.316. The Labute approximate surface area is 160 Å². The van der Waals surface area contributed by atoms with Gasteiger partial charge in [-0.25, -0.2) is 9.07 Å². The third-order valence-electron chi connectivity index (χ3n) is 4.50. The molecule has 0 saturated heterocycles. The van der Waals surface area contributed by atoms with Crippen molar-refractivity contribution in [2.75, 3.05) is 0 Å². The van der Waals surface area contributed by atoms with E-state index in [1.54, 1.807) is 33.0 Å². The van der Waals surface area contributed by atoms with E-state index >= 15 is 0 Å². The molecule has 142 valence electrons. The molecule has 6 nitrogen and oxygen atoms in total. The zero-order valence-corrected chi connectivity index (χ0v) is 16.2. The highest BCUT2D eigenvalue weighted by Crippen LogP contribution is 2.20. The molecule has 0 fully saturated rings. The number of benzene rings is 1. The van der Waals surface area contributed by atoms with Crippen molar-refractivity contribution in [3.63, 3.8) is 0 Å². The summed E-state index contributed by atoms with van der Waals surface area (Å²) in [7, 11) is 0. The van der Waals surface area contributed by atoms with Gasteiger partial charge in [-0.05, 0) is 45.0 Å². The van der Waals surface area contributed by atoms with E-state index in [2.05, 4.69) is 10.4 Å². The molecule has 1 aromatic carbocycles. The van der Waals surface area contributed by atoms with Gasteiger partial charge in [-0.15, -0.1) is 0 Å². The normalized spacial score (nSPS) is 12.1. The fourth-order valence-electron chi connectivity index (χ4n) is 2.97. The van der Waals surface area contributed by atoms with Gasteiger partial charge in [0.15, 0.2) is 0 Å². The summed E-state index contributed by atoms with van der Waals surface area (Å²) in [4.78, 5) is 23.9. The number of nitrogens with one attached hydrogen (secondary N) is 1. The van der Waals surface area contributed by atoms with Crippen molar-refractivity contribution < 1.29 is 9.18 Å². The first kappa shape index (κ1) is 19.0. The van der Waals surface area contributed by atoms with E-state index in [0.717, 1.165) is 34.0 Å². The van der Waals surface area contributed by atoms with Crippen LogP contribution < -0.4 is 10.2 Å². The van der Waals surface area contributed by atoms with E-state index < -0.39 is 0 Å². The molecule has 0 spiro atoms. The van der Waals surface area contributed by atoms with Crippen LogP contribution in [0.1, 0.15) is 36.3 Å². The van der Waals surface area contributed by atoms with Gasteiger partial charge in [0.1, 0.15) is 5.82 Å². The summed E-state index contributed by atoms with van der Waals surface area (Å²) in [5, 5.41) is 9.09. The maximum absolute atomic E-state index is 13.1. The molecule has 3 aromatic rings. The molecular formula is C19H21FN4O2S. The molecule has 1 N–H and O–H groups in total. The highest BCUT2D eigenvalue weighted by Gasteiger charge is 2.16.